The fourth-order valence-electron chi connectivity index (χ4n) is 2.24. The summed E-state index contributed by atoms with van der Waals surface area (Å²) in [5.74, 6) is 1.17. The first-order chi connectivity index (χ1) is 10.3. The Balaban J connectivity index is 1.74. The number of nitrogens with two attached hydrogens (primary N) is 1. The van der Waals surface area contributed by atoms with Gasteiger partial charge in [0.05, 0.1) is 19.0 Å². The second-order valence-corrected chi connectivity index (χ2v) is 6.50. The van der Waals surface area contributed by atoms with Gasteiger partial charge in [-0.1, -0.05) is 0 Å². The van der Waals surface area contributed by atoms with E-state index in [0.29, 0.717) is 37.3 Å². The number of rotatable bonds is 3. The van der Waals surface area contributed by atoms with Crippen molar-refractivity contribution in [1.29, 1.82) is 0 Å². The Kier molecular flexibility index (Phi) is 5.05. The molecule has 0 unspecified atom stereocenters. The first-order valence-electron chi connectivity index (χ1n) is 7.52. The van der Waals surface area contributed by atoms with Gasteiger partial charge in [0.15, 0.2) is 0 Å². The molecule has 122 valence electrons. The van der Waals surface area contributed by atoms with Crippen molar-refractivity contribution in [2.45, 2.75) is 39.2 Å². The molecule has 7 heteroatoms. The number of aromatic nitrogens is 2. The number of nitrogens with zero attached hydrogens (tertiary/aromatic N) is 3. The van der Waals surface area contributed by atoms with Gasteiger partial charge in [-0.25, -0.2) is 4.79 Å². The minimum Gasteiger partial charge on any atom is -0.476 e. The Morgan fingerprint density at radius 1 is 1.36 bits per heavy atom. The molecule has 1 fully saturated rings. The Labute approximate surface area is 130 Å². The van der Waals surface area contributed by atoms with Crippen LogP contribution in [0.4, 0.5) is 10.6 Å². The van der Waals surface area contributed by atoms with Crippen LogP contribution in [0.15, 0.2) is 12.4 Å². The number of amides is 1. The quantitative estimate of drug-likeness (QED) is 0.919. The van der Waals surface area contributed by atoms with E-state index in [0.717, 1.165) is 12.8 Å². The van der Waals surface area contributed by atoms with E-state index in [9.17, 15) is 4.79 Å². The number of carbonyl (C=O) groups is 1. The normalized spacial score (nSPS) is 16.4. The molecule has 1 aromatic rings. The molecular weight excluding hydrogens is 284 g/mol. The zero-order valence-electron chi connectivity index (χ0n) is 13.4. The highest BCUT2D eigenvalue weighted by molar-refractivity contribution is 5.68. The van der Waals surface area contributed by atoms with Crippen molar-refractivity contribution in [3.05, 3.63) is 12.4 Å². The molecular formula is C15H24N4O3. The summed E-state index contributed by atoms with van der Waals surface area (Å²) in [5, 5.41) is 0. The third-order valence-corrected chi connectivity index (χ3v) is 3.36. The van der Waals surface area contributed by atoms with Crippen molar-refractivity contribution in [3.63, 3.8) is 0 Å². The van der Waals surface area contributed by atoms with E-state index in [1.165, 1.54) is 6.20 Å². The van der Waals surface area contributed by atoms with Gasteiger partial charge in [-0.15, -0.1) is 0 Å². The molecule has 7 nitrogen and oxygen atoms in total. The Bertz CT molecular complexity index is 508. The minimum absolute atomic E-state index is 0.242. The van der Waals surface area contributed by atoms with Crippen molar-refractivity contribution in [2.24, 2.45) is 5.92 Å². The first kappa shape index (κ1) is 16.3. The van der Waals surface area contributed by atoms with Crippen LogP contribution in [0.1, 0.15) is 33.6 Å². The molecule has 1 saturated heterocycles. The van der Waals surface area contributed by atoms with E-state index in [1.54, 1.807) is 11.1 Å². The van der Waals surface area contributed by atoms with Crippen LogP contribution in [0, 0.1) is 5.92 Å². The maximum atomic E-state index is 12.0. The molecule has 0 aromatic carbocycles. The van der Waals surface area contributed by atoms with Crippen molar-refractivity contribution < 1.29 is 14.3 Å². The van der Waals surface area contributed by atoms with Gasteiger partial charge in [0, 0.05) is 13.1 Å². The molecule has 0 saturated carbocycles. The second-order valence-electron chi connectivity index (χ2n) is 6.50. The molecule has 0 bridgehead atoms. The lowest BCUT2D eigenvalue weighted by molar-refractivity contribution is 0.0164. The zero-order chi connectivity index (χ0) is 16.2. The van der Waals surface area contributed by atoms with Gasteiger partial charge in [0.1, 0.15) is 11.4 Å². The second kappa shape index (κ2) is 6.81. The number of anilines is 1. The predicted octanol–water partition coefficient (Wildman–Crippen LogP) is 2.08. The van der Waals surface area contributed by atoms with Crippen LogP contribution in [0.2, 0.25) is 0 Å². The van der Waals surface area contributed by atoms with Crippen molar-refractivity contribution in [1.82, 2.24) is 14.9 Å². The van der Waals surface area contributed by atoms with E-state index in [1.807, 2.05) is 20.8 Å². The highest BCUT2D eigenvalue weighted by Crippen LogP contribution is 2.20. The summed E-state index contributed by atoms with van der Waals surface area (Å²) in [6, 6.07) is 0. The van der Waals surface area contributed by atoms with Crippen molar-refractivity contribution >= 4 is 11.9 Å². The summed E-state index contributed by atoms with van der Waals surface area (Å²) in [4.78, 5) is 21.7. The Morgan fingerprint density at radius 3 is 2.64 bits per heavy atom. The summed E-state index contributed by atoms with van der Waals surface area (Å²) in [5.41, 5.74) is 5.10. The summed E-state index contributed by atoms with van der Waals surface area (Å²) in [6.07, 6.45) is 4.55. The van der Waals surface area contributed by atoms with Crippen LogP contribution in [0.25, 0.3) is 0 Å². The number of likely N-dealkylation sites (tertiary alicyclic amines) is 1. The van der Waals surface area contributed by atoms with Crippen LogP contribution in [0.5, 0.6) is 5.88 Å². The van der Waals surface area contributed by atoms with E-state index in [4.69, 9.17) is 15.2 Å². The lowest BCUT2D eigenvalue weighted by Crippen LogP contribution is -2.42. The molecule has 0 spiro atoms. The average molecular weight is 308 g/mol. The molecule has 0 radical (unpaired) electrons. The van der Waals surface area contributed by atoms with E-state index in [-0.39, 0.29) is 6.09 Å². The fraction of sp³-hybridized carbons (Fsp3) is 0.667. The predicted molar refractivity (Wildman–Crippen MR) is 82.5 cm³/mol. The molecule has 1 amide bonds. The molecule has 2 rings (SSSR count). The van der Waals surface area contributed by atoms with Crippen molar-refractivity contribution in [3.8, 4) is 5.88 Å². The largest absolute Gasteiger partial charge is 0.476 e. The summed E-state index contributed by atoms with van der Waals surface area (Å²) < 4.78 is 11.0. The zero-order valence-corrected chi connectivity index (χ0v) is 13.4. The smallest absolute Gasteiger partial charge is 0.410 e. The monoisotopic (exact) mass is 308 g/mol. The maximum absolute atomic E-state index is 12.0. The number of hydrogen-bond donors (Lipinski definition) is 1. The topological polar surface area (TPSA) is 90.6 Å². The van der Waals surface area contributed by atoms with E-state index in [2.05, 4.69) is 9.97 Å². The van der Waals surface area contributed by atoms with Gasteiger partial charge in [-0.2, -0.15) is 4.98 Å². The lowest BCUT2D eigenvalue weighted by Gasteiger charge is -2.33. The van der Waals surface area contributed by atoms with E-state index < -0.39 is 5.60 Å². The van der Waals surface area contributed by atoms with Gasteiger partial charge in [-0.3, -0.25) is 4.98 Å². The number of carbonyl (C=O) groups excluding carboxylic acids is 1. The summed E-state index contributed by atoms with van der Waals surface area (Å²) in [7, 11) is 0. The molecule has 1 aliphatic heterocycles. The number of piperidine rings is 1. The van der Waals surface area contributed by atoms with Crippen molar-refractivity contribution in [2.75, 3.05) is 25.4 Å². The number of hydrogen-bond acceptors (Lipinski definition) is 6. The lowest BCUT2D eigenvalue weighted by atomic mass is 9.98. The van der Waals surface area contributed by atoms with Crippen LogP contribution < -0.4 is 10.5 Å². The molecule has 2 heterocycles. The van der Waals surface area contributed by atoms with Gasteiger partial charge in [-0.05, 0) is 39.5 Å². The number of nitrogen functional groups attached to an aromatic ring is 1. The Morgan fingerprint density at radius 2 is 2.05 bits per heavy atom. The first-order valence-corrected chi connectivity index (χ1v) is 7.52. The average Bonchev–Trinajstić information content (AvgIpc) is 2.44. The third kappa shape index (κ3) is 5.05. The van der Waals surface area contributed by atoms with Gasteiger partial charge in [0.2, 0.25) is 5.88 Å². The molecule has 1 aromatic heterocycles. The minimum atomic E-state index is -0.455. The van der Waals surface area contributed by atoms with Crippen LogP contribution in [0.3, 0.4) is 0 Å². The van der Waals surface area contributed by atoms with Crippen LogP contribution in [-0.4, -0.2) is 46.3 Å². The molecule has 0 aliphatic carbocycles. The maximum Gasteiger partial charge on any atom is 0.410 e. The molecule has 2 N–H and O–H groups in total. The molecule has 0 atom stereocenters. The highest BCUT2D eigenvalue weighted by Gasteiger charge is 2.27. The molecule has 1 aliphatic rings. The standard InChI is InChI=1S/C15H24N4O3/c1-15(2,3)22-14(20)19-6-4-11(5-7-19)10-21-13-9-17-8-12(16)18-13/h8-9,11H,4-7,10H2,1-3H3,(H2,16,18). The van der Waals surface area contributed by atoms with Crippen LogP contribution in [-0.2, 0) is 4.74 Å². The van der Waals surface area contributed by atoms with Gasteiger partial charge >= 0.3 is 6.09 Å². The van der Waals surface area contributed by atoms with Crippen LogP contribution >= 0.6 is 0 Å². The summed E-state index contributed by atoms with van der Waals surface area (Å²) >= 11 is 0. The third-order valence-electron chi connectivity index (χ3n) is 3.36. The molecule has 22 heavy (non-hydrogen) atoms. The van der Waals surface area contributed by atoms with E-state index >= 15 is 0 Å². The van der Waals surface area contributed by atoms with Gasteiger partial charge < -0.3 is 20.1 Å². The SMILES string of the molecule is CC(C)(C)OC(=O)N1CCC(COc2cncc(N)n2)CC1. The number of ether oxygens (including phenoxy) is 2. The van der Waals surface area contributed by atoms with Gasteiger partial charge in [0.25, 0.3) is 0 Å². The summed E-state index contributed by atoms with van der Waals surface area (Å²) in [6.45, 7) is 7.55. The Hall–Kier alpha value is -2.05. The fourth-order valence-corrected chi connectivity index (χ4v) is 2.24. The highest BCUT2D eigenvalue weighted by atomic mass is 16.6.